The van der Waals surface area contributed by atoms with Crippen LogP contribution in [0.4, 0.5) is 5.69 Å². The molecule has 0 fully saturated rings. The highest BCUT2D eigenvalue weighted by atomic mass is 32.2. The summed E-state index contributed by atoms with van der Waals surface area (Å²) in [7, 11) is -3.78. The Bertz CT molecular complexity index is 1080. The molecule has 2 aromatic carbocycles. The topological polar surface area (TPSA) is 96.6 Å². The van der Waals surface area contributed by atoms with E-state index in [4.69, 9.17) is 4.42 Å². The molecule has 136 valence electrons. The number of nitrogens with one attached hydrogen (secondary N) is 1. The summed E-state index contributed by atoms with van der Waals surface area (Å²) in [6.07, 6.45) is 0. The van der Waals surface area contributed by atoms with Crippen molar-refractivity contribution in [1.82, 2.24) is 0 Å². The summed E-state index contributed by atoms with van der Waals surface area (Å²) in [6, 6.07) is 11.2. The SMILES string of the molecule is Cc1oc2ccc(NS(=O)(=O)c3ccc(C(C)C)cc3)cc2c1C(=O)O. The predicted octanol–water partition coefficient (Wildman–Crippen LogP) is 4.36. The Morgan fingerprint density at radius 1 is 1.12 bits per heavy atom. The number of hydrogen-bond donors (Lipinski definition) is 2. The van der Waals surface area contributed by atoms with Gasteiger partial charge in [-0.3, -0.25) is 4.72 Å². The molecular formula is C19H19NO5S. The number of sulfonamides is 1. The van der Waals surface area contributed by atoms with E-state index in [9.17, 15) is 18.3 Å². The molecule has 0 atom stereocenters. The maximum atomic E-state index is 12.6. The number of fused-ring (bicyclic) bond motifs is 1. The number of anilines is 1. The Kier molecular flexibility index (Phi) is 4.50. The summed E-state index contributed by atoms with van der Waals surface area (Å²) in [5.74, 6) is -0.539. The average Bonchev–Trinajstić information content (AvgIpc) is 2.89. The number of furan rings is 1. The van der Waals surface area contributed by atoms with Gasteiger partial charge in [-0.25, -0.2) is 13.2 Å². The van der Waals surface area contributed by atoms with Crippen molar-refractivity contribution in [3.8, 4) is 0 Å². The maximum Gasteiger partial charge on any atom is 0.339 e. The molecular weight excluding hydrogens is 354 g/mol. The van der Waals surface area contributed by atoms with Gasteiger partial charge < -0.3 is 9.52 Å². The van der Waals surface area contributed by atoms with Gasteiger partial charge in [0, 0.05) is 11.1 Å². The van der Waals surface area contributed by atoms with Gasteiger partial charge in [0.2, 0.25) is 0 Å². The number of carbonyl (C=O) groups is 1. The standard InChI is InChI=1S/C19H19NO5S/c1-11(2)13-4-7-15(8-5-13)26(23,24)20-14-6-9-17-16(10-14)18(19(21)22)12(3)25-17/h4-11,20H,1-3H3,(H,21,22). The summed E-state index contributed by atoms with van der Waals surface area (Å²) in [5.41, 5.74) is 1.74. The van der Waals surface area contributed by atoms with Crippen LogP contribution in [0, 0.1) is 6.92 Å². The van der Waals surface area contributed by atoms with Crippen LogP contribution in [0.2, 0.25) is 0 Å². The molecule has 3 aromatic rings. The molecule has 3 rings (SSSR count). The zero-order chi connectivity index (χ0) is 19.1. The van der Waals surface area contributed by atoms with Crippen LogP contribution in [-0.4, -0.2) is 19.5 Å². The first-order valence-electron chi connectivity index (χ1n) is 8.08. The van der Waals surface area contributed by atoms with Crippen LogP contribution in [0.3, 0.4) is 0 Å². The summed E-state index contributed by atoms with van der Waals surface area (Å²) in [5, 5.41) is 9.68. The van der Waals surface area contributed by atoms with Gasteiger partial charge >= 0.3 is 5.97 Å². The van der Waals surface area contributed by atoms with Crippen molar-refractivity contribution in [2.75, 3.05) is 4.72 Å². The number of benzene rings is 2. The molecule has 26 heavy (non-hydrogen) atoms. The zero-order valence-corrected chi connectivity index (χ0v) is 15.4. The summed E-state index contributed by atoms with van der Waals surface area (Å²) in [4.78, 5) is 11.5. The zero-order valence-electron chi connectivity index (χ0n) is 14.6. The van der Waals surface area contributed by atoms with E-state index in [1.807, 2.05) is 13.8 Å². The van der Waals surface area contributed by atoms with Crippen molar-refractivity contribution < 1.29 is 22.7 Å². The Morgan fingerprint density at radius 2 is 1.77 bits per heavy atom. The minimum absolute atomic E-state index is 0.0299. The minimum Gasteiger partial charge on any atom is -0.478 e. The molecule has 0 radical (unpaired) electrons. The molecule has 1 aromatic heterocycles. The van der Waals surface area contributed by atoms with Crippen molar-refractivity contribution >= 4 is 32.6 Å². The first-order chi connectivity index (χ1) is 12.2. The van der Waals surface area contributed by atoms with Gasteiger partial charge in [-0.1, -0.05) is 26.0 Å². The number of carboxylic acids is 1. The van der Waals surface area contributed by atoms with Gasteiger partial charge in [-0.15, -0.1) is 0 Å². The first kappa shape index (κ1) is 18.0. The molecule has 7 heteroatoms. The van der Waals surface area contributed by atoms with Gasteiger partial charge in [-0.05, 0) is 48.7 Å². The third-order valence-electron chi connectivity index (χ3n) is 4.19. The van der Waals surface area contributed by atoms with Crippen LogP contribution >= 0.6 is 0 Å². The van der Waals surface area contributed by atoms with Gasteiger partial charge in [0.15, 0.2) is 0 Å². The van der Waals surface area contributed by atoms with E-state index in [0.29, 0.717) is 16.9 Å². The molecule has 0 amide bonds. The second-order valence-corrected chi connectivity index (χ2v) is 8.06. The fraction of sp³-hybridized carbons (Fsp3) is 0.211. The van der Waals surface area contributed by atoms with Crippen molar-refractivity contribution in [3.63, 3.8) is 0 Å². The highest BCUT2D eigenvalue weighted by Gasteiger charge is 2.19. The predicted molar refractivity (Wildman–Crippen MR) is 99.2 cm³/mol. The molecule has 6 nitrogen and oxygen atoms in total. The Hall–Kier alpha value is -2.80. The molecule has 0 aliphatic rings. The number of carboxylic acid groups (broad SMARTS) is 1. The molecule has 1 heterocycles. The maximum absolute atomic E-state index is 12.6. The van der Waals surface area contributed by atoms with E-state index >= 15 is 0 Å². The van der Waals surface area contributed by atoms with E-state index in [2.05, 4.69) is 4.72 Å². The number of hydrogen-bond acceptors (Lipinski definition) is 4. The highest BCUT2D eigenvalue weighted by molar-refractivity contribution is 7.92. The number of rotatable bonds is 5. The van der Waals surface area contributed by atoms with Gasteiger partial charge in [0.05, 0.1) is 4.90 Å². The Labute approximate surface area is 151 Å². The third kappa shape index (κ3) is 3.30. The van der Waals surface area contributed by atoms with Crippen LogP contribution in [0.5, 0.6) is 0 Å². The minimum atomic E-state index is -3.78. The smallest absolute Gasteiger partial charge is 0.339 e. The molecule has 0 unspecified atom stereocenters. The molecule has 0 spiro atoms. The van der Waals surface area contributed by atoms with Crippen LogP contribution in [0.25, 0.3) is 11.0 Å². The van der Waals surface area contributed by atoms with E-state index in [1.165, 1.54) is 12.1 Å². The van der Waals surface area contributed by atoms with E-state index in [1.54, 1.807) is 37.3 Å². The first-order valence-corrected chi connectivity index (χ1v) is 9.56. The quantitative estimate of drug-likeness (QED) is 0.692. The van der Waals surface area contributed by atoms with Crippen LogP contribution in [0.15, 0.2) is 51.8 Å². The molecule has 0 aliphatic heterocycles. The van der Waals surface area contributed by atoms with Crippen molar-refractivity contribution in [3.05, 3.63) is 59.4 Å². The van der Waals surface area contributed by atoms with Crippen LogP contribution in [0.1, 0.15) is 41.4 Å². The largest absolute Gasteiger partial charge is 0.478 e. The molecule has 0 saturated heterocycles. The second kappa shape index (κ2) is 6.49. The lowest BCUT2D eigenvalue weighted by Crippen LogP contribution is -2.13. The number of aryl methyl sites for hydroxylation is 1. The summed E-state index contributed by atoms with van der Waals surface area (Å²) in [6.45, 7) is 5.62. The van der Waals surface area contributed by atoms with E-state index < -0.39 is 16.0 Å². The van der Waals surface area contributed by atoms with Crippen LogP contribution in [-0.2, 0) is 10.0 Å². The van der Waals surface area contributed by atoms with E-state index in [0.717, 1.165) is 5.56 Å². The van der Waals surface area contributed by atoms with Crippen LogP contribution < -0.4 is 4.72 Å². The van der Waals surface area contributed by atoms with Crippen molar-refractivity contribution in [2.45, 2.75) is 31.6 Å². The fourth-order valence-electron chi connectivity index (χ4n) is 2.80. The third-order valence-corrected chi connectivity index (χ3v) is 5.58. The van der Waals surface area contributed by atoms with E-state index in [-0.39, 0.29) is 21.9 Å². The lowest BCUT2D eigenvalue weighted by molar-refractivity contribution is 0.0697. The summed E-state index contributed by atoms with van der Waals surface area (Å²) >= 11 is 0. The lowest BCUT2D eigenvalue weighted by Gasteiger charge is -2.10. The fourth-order valence-corrected chi connectivity index (χ4v) is 3.84. The van der Waals surface area contributed by atoms with Gasteiger partial charge in [-0.2, -0.15) is 0 Å². The van der Waals surface area contributed by atoms with Gasteiger partial charge in [0.25, 0.3) is 10.0 Å². The summed E-state index contributed by atoms with van der Waals surface area (Å²) < 4.78 is 33.1. The highest BCUT2D eigenvalue weighted by Crippen LogP contribution is 2.29. The molecule has 0 aliphatic carbocycles. The Morgan fingerprint density at radius 3 is 2.35 bits per heavy atom. The monoisotopic (exact) mass is 373 g/mol. The molecule has 0 bridgehead atoms. The normalized spacial score (nSPS) is 11.8. The number of aromatic carboxylic acids is 1. The van der Waals surface area contributed by atoms with Gasteiger partial charge in [0.1, 0.15) is 16.9 Å². The van der Waals surface area contributed by atoms with Crippen molar-refractivity contribution in [2.24, 2.45) is 0 Å². The Balaban J connectivity index is 1.96. The lowest BCUT2D eigenvalue weighted by atomic mass is 10.0. The second-order valence-electron chi connectivity index (χ2n) is 6.38. The molecule has 2 N–H and O–H groups in total. The average molecular weight is 373 g/mol. The molecule has 0 saturated carbocycles. The van der Waals surface area contributed by atoms with Crippen molar-refractivity contribution in [1.29, 1.82) is 0 Å².